The molecule has 1 aromatic carbocycles. The highest BCUT2D eigenvalue weighted by atomic mass is 15.2. The van der Waals surface area contributed by atoms with Crippen LogP contribution in [0.1, 0.15) is 57.7 Å². The van der Waals surface area contributed by atoms with E-state index >= 15 is 0 Å². The zero-order chi connectivity index (χ0) is 13.8. The highest BCUT2D eigenvalue weighted by Gasteiger charge is 2.15. The van der Waals surface area contributed by atoms with Crippen LogP contribution in [-0.4, -0.2) is 0 Å². The molecule has 0 bridgehead atoms. The third kappa shape index (κ3) is 3.97. The van der Waals surface area contributed by atoms with Crippen molar-refractivity contribution in [2.24, 2.45) is 5.84 Å². The maximum absolute atomic E-state index is 5.64. The lowest BCUT2D eigenvalue weighted by molar-refractivity contribution is 0.542. The Balaban J connectivity index is 2.85. The number of rotatable bonds is 5. The highest BCUT2D eigenvalue weighted by molar-refractivity contribution is 5.29. The first-order valence-corrected chi connectivity index (χ1v) is 6.61. The summed E-state index contributed by atoms with van der Waals surface area (Å²) >= 11 is 0. The fraction of sp³-hybridized carbons (Fsp3) is 0.500. The van der Waals surface area contributed by atoms with Crippen molar-refractivity contribution in [2.45, 2.75) is 52.0 Å². The van der Waals surface area contributed by atoms with Gasteiger partial charge < -0.3 is 0 Å². The number of hydrogen-bond donors (Lipinski definition) is 2. The molecular weight excluding hydrogens is 220 g/mol. The first kappa shape index (κ1) is 14.9. The van der Waals surface area contributed by atoms with E-state index in [4.69, 9.17) is 5.84 Å². The molecule has 2 nitrogen and oxygen atoms in total. The lowest BCUT2D eigenvalue weighted by atomic mass is 9.86. The summed E-state index contributed by atoms with van der Waals surface area (Å²) in [6.45, 7) is 12.8. The topological polar surface area (TPSA) is 38.0 Å². The van der Waals surface area contributed by atoms with Crippen LogP contribution in [0.2, 0.25) is 0 Å². The number of hydrazine groups is 1. The molecule has 1 unspecified atom stereocenters. The Kier molecular flexibility index (Phi) is 5.12. The van der Waals surface area contributed by atoms with Crippen LogP contribution in [0.3, 0.4) is 0 Å². The summed E-state index contributed by atoms with van der Waals surface area (Å²) in [5, 5.41) is 0. The van der Waals surface area contributed by atoms with Gasteiger partial charge in [0.25, 0.3) is 0 Å². The predicted octanol–water partition coefficient (Wildman–Crippen LogP) is 3.84. The van der Waals surface area contributed by atoms with E-state index in [9.17, 15) is 0 Å². The second kappa shape index (κ2) is 6.17. The van der Waals surface area contributed by atoms with Crippen molar-refractivity contribution >= 4 is 0 Å². The lowest BCUT2D eigenvalue weighted by Gasteiger charge is -2.21. The SMILES string of the molecule is C=C(CC)CC(NN)c1ccc(C(C)(C)C)cc1. The standard InChI is InChI=1S/C16H26N2/c1-6-12(2)11-15(18-17)13-7-9-14(10-8-13)16(3,4)5/h7-10,15,18H,2,6,11,17H2,1,3-5H3. The van der Waals surface area contributed by atoms with Gasteiger partial charge in [-0.05, 0) is 29.4 Å². The molecule has 0 saturated carbocycles. The van der Waals surface area contributed by atoms with Crippen molar-refractivity contribution in [1.82, 2.24) is 5.43 Å². The Labute approximate surface area is 111 Å². The molecule has 0 spiro atoms. The van der Waals surface area contributed by atoms with Crippen LogP contribution in [0, 0.1) is 0 Å². The van der Waals surface area contributed by atoms with E-state index in [1.807, 2.05) is 0 Å². The Morgan fingerprint density at radius 3 is 2.22 bits per heavy atom. The minimum atomic E-state index is 0.159. The Bertz CT molecular complexity index is 385. The minimum absolute atomic E-state index is 0.159. The van der Waals surface area contributed by atoms with Gasteiger partial charge in [0.1, 0.15) is 0 Å². The molecule has 1 atom stereocenters. The molecule has 0 aliphatic carbocycles. The lowest BCUT2D eigenvalue weighted by Crippen LogP contribution is -2.28. The fourth-order valence-corrected chi connectivity index (χ4v) is 1.92. The highest BCUT2D eigenvalue weighted by Crippen LogP contribution is 2.26. The van der Waals surface area contributed by atoms with E-state index in [0.29, 0.717) is 0 Å². The summed E-state index contributed by atoms with van der Waals surface area (Å²) in [4.78, 5) is 0. The summed E-state index contributed by atoms with van der Waals surface area (Å²) < 4.78 is 0. The van der Waals surface area contributed by atoms with Crippen molar-refractivity contribution in [3.05, 3.63) is 47.5 Å². The van der Waals surface area contributed by atoms with E-state index in [2.05, 4.69) is 64.0 Å². The number of nitrogens with two attached hydrogens (primary N) is 1. The Morgan fingerprint density at radius 2 is 1.83 bits per heavy atom. The summed E-state index contributed by atoms with van der Waals surface area (Å²) in [7, 11) is 0. The molecule has 1 rings (SSSR count). The summed E-state index contributed by atoms with van der Waals surface area (Å²) in [5.41, 5.74) is 6.86. The first-order valence-electron chi connectivity index (χ1n) is 6.61. The van der Waals surface area contributed by atoms with Crippen molar-refractivity contribution in [3.63, 3.8) is 0 Å². The van der Waals surface area contributed by atoms with E-state index in [1.54, 1.807) is 0 Å². The third-order valence-electron chi connectivity index (χ3n) is 3.37. The Morgan fingerprint density at radius 1 is 1.28 bits per heavy atom. The van der Waals surface area contributed by atoms with Gasteiger partial charge in [0.2, 0.25) is 0 Å². The maximum atomic E-state index is 5.64. The van der Waals surface area contributed by atoms with Crippen LogP contribution in [0.25, 0.3) is 0 Å². The van der Waals surface area contributed by atoms with Crippen LogP contribution in [0.15, 0.2) is 36.4 Å². The average molecular weight is 246 g/mol. The largest absolute Gasteiger partial charge is 0.271 e. The molecule has 3 N–H and O–H groups in total. The van der Waals surface area contributed by atoms with Gasteiger partial charge in [-0.1, -0.05) is 64.1 Å². The average Bonchev–Trinajstić information content (AvgIpc) is 2.34. The molecule has 0 radical (unpaired) electrons. The van der Waals surface area contributed by atoms with Gasteiger partial charge in [-0.25, -0.2) is 0 Å². The smallest absolute Gasteiger partial charge is 0.0496 e. The second-order valence-electron chi connectivity index (χ2n) is 5.90. The zero-order valence-electron chi connectivity index (χ0n) is 12.1. The van der Waals surface area contributed by atoms with Gasteiger partial charge in [-0.15, -0.1) is 0 Å². The van der Waals surface area contributed by atoms with Gasteiger partial charge in [-0.3, -0.25) is 11.3 Å². The van der Waals surface area contributed by atoms with Crippen LogP contribution in [0.4, 0.5) is 0 Å². The molecule has 0 heterocycles. The monoisotopic (exact) mass is 246 g/mol. The molecule has 0 amide bonds. The van der Waals surface area contributed by atoms with Gasteiger partial charge in [0.05, 0.1) is 0 Å². The van der Waals surface area contributed by atoms with Crippen molar-refractivity contribution in [3.8, 4) is 0 Å². The van der Waals surface area contributed by atoms with Gasteiger partial charge in [0.15, 0.2) is 0 Å². The van der Waals surface area contributed by atoms with Crippen LogP contribution in [0.5, 0.6) is 0 Å². The molecular formula is C16H26N2. The molecule has 1 aromatic rings. The third-order valence-corrected chi connectivity index (χ3v) is 3.37. The van der Waals surface area contributed by atoms with Crippen LogP contribution in [-0.2, 0) is 5.41 Å². The molecule has 0 aromatic heterocycles. The number of hydrogen-bond acceptors (Lipinski definition) is 2. The quantitative estimate of drug-likeness (QED) is 0.470. The van der Waals surface area contributed by atoms with Crippen molar-refractivity contribution in [1.29, 1.82) is 0 Å². The zero-order valence-corrected chi connectivity index (χ0v) is 12.1. The summed E-state index contributed by atoms with van der Waals surface area (Å²) in [6.07, 6.45) is 1.89. The van der Waals surface area contributed by atoms with Crippen molar-refractivity contribution in [2.75, 3.05) is 0 Å². The maximum Gasteiger partial charge on any atom is 0.0496 e. The van der Waals surface area contributed by atoms with E-state index in [1.165, 1.54) is 16.7 Å². The van der Waals surface area contributed by atoms with Gasteiger partial charge in [0, 0.05) is 6.04 Å². The number of benzene rings is 1. The predicted molar refractivity (Wildman–Crippen MR) is 79.3 cm³/mol. The fourth-order valence-electron chi connectivity index (χ4n) is 1.92. The van der Waals surface area contributed by atoms with Crippen molar-refractivity contribution < 1.29 is 0 Å². The first-order chi connectivity index (χ1) is 8.38. The molecule has 0 saturated heterocycles. The second-order valence-corrected chi connectivity index (χ2v) is 5.90. The Hall–Kier alpha value is -1.12. The molecule has 0 aliphatic heterocycles. The van der Waals surface area contributed by atoms with E-state index < -0.39 is 0 Å². The molecule has 0 fully saturated rings. The molecule has 2 heteroatoms. The normalized spacial score (nSPS) is 13.4. The molecule has 100 valence electrons. The van der Waals surface area contributed by atoms with Gasteiger partial charge in [-0.2, -0.15) is 0 Å². The van der Waals surface area contributed by atoms with E-state index in [0.717, 1.165) is 12.8 Å². The van der Waals surface area contributed by atoms with Crippen LogP contribution < -0.4 is 11.3 Å². The summed E-state index contributed by atoms with van der Waals surface area (Å²) in [5.74, 6) is 5.64. The minimum Gasteiger partial charge on any atom is -0.271 e. The van der Waals surface area contributed by atoms with Crippen LogP contribution >= 0.6 is 0 Å². The summed E-state index contributed by atoms with van der Waals surface area (Å²) in [6, 6.07) is 8.86. The number of nitrogens with one attached hydrogen (secondary N) is 1. The van der Waals surface area contributed by atoms with E-state index in [-0.39, 0.29) is 11.5 Å². The molecule has 18 heavy (non-hydrogen) atoms. The molecule has 0 aliphatic rings. The van der Waals surface area contributed by atoms with Gasteiger partial charge >= 0.3 is 0 Å².